The largest absolute Gasteiger partial charge is 0.383 e. The van der Waals surface area contributed by atoms with Gasteiger partial charge in [0.05, 0.1) is 0 Å². The van der Waals surface area contributed by atoms with Gasteiger partial charge in [0.25, 0.3) is 6.43 Å². The van der Waals surface area contributed by atoms with Crippen LogP contribution in [0.25, 0.3) is 0 Å². The number of hydrogen-bond donors (Lipinski definition) is 1. The van der Waals surface area contributed by atoms with Gasteiger partial charge in [-0.2, -0.15) is 0 Å². The molecule has 0 fully saturated rings. The van der Waals surface area contributed by atoms with E-state index in [0.29, 0.717) is 0 Å². The summed E-state index contributed by atoms with van der Waals surface area (Å²) in [6.45, 7) is 1.41. The Morgan fingerprint density at radius 3 is 2.50 bits per heavy atom. The van der Waals surface area contributed by atoms with Gasteiger partial charge in [-0.1, -0.05) is 12.1 Å². The van der Waals surface area contributed by atoms with E-state index in [1.807, 2.05) is 0 Å². The predicted octanol–water partition coefficient (Wildman–Crippen LogP) is 3.69. The molecule has 0 saturated heterocycles. The first-order valence-electron chi connectivity index (χ1n) is 5.78. The van der Waals surface area contributed by atoms with E-state index in [4.69, 9.17) is 0 Å². The summed E-state index contributed by atoms with van der Waals surface area (Å²) in [4.78, 5) is 3.55. The summed E-state index contributed by atoms with van der Waals surface area (Å²) in [7, 11) is 0. The summed E-state index contributed by atoms with van der Waals surface area (Å²) in [5.74, 6) is -2.26. The normalized spacial score (nSPS) is 12.8. The van der Waals surface area contributed by atoms with Crippen LogP contribution < -0.4 is 0 Å². The molecule has 0 bridgehead atoms. The standard InChI is InChI=1S/C14H11F4NO/c1-7-5-8(6-19-12(7)14(17)18)13(20)9-3-2-4-10(15)11(9)16/h2-6,13-14,20H,1H3. The predicted molar refractivity (Wildman–Crippen MR) is 64.4 cm³/mol. The lowest BCUT2D eigenvalue weighted by Crippen LogP contribution is -2.06. The minimum atomic E-state index is -2.73. The number of benzene rings is 1. The number of hydrogen-bond acceptors (Lipinski definition) is 2. The second-order valence-corrected chi connectivity index (χ2v) is 4.32. The molecule has 0 aliphatic rings. The van der Waals surface area contributed by atoms with Crippen LogP contribution in [0, 0.1) is 18.6 Å². The molecule has 1 unspecified atom stereocenters. The fourth-order valence-electron chi connectivity index (χ4n) is 1.90. The van der Waals surface area contributed by atoms with Crippen molar-refractivity contribution in [1.82, 2.24) is 4.98 Å². The van der Waals surface area contributed by atoms with E-state index in [1.54, 1.807) is 0 Å². The van der Waals surface area contributed by atoms with Crippen LogP contribution in [0.3, 0.4) is 0 Å². The van der Waals surface area contributed by atoms with Crippen LogP contribution in [0.2, 0.25) is 0 Å². The van der Waals surface area contributed by atoms with E-state index in [1.165, 1.54) is 25.1 Å². The maximum atomic E-state index is 13.6. The molecule has 0 amide bonds. The zero-order valence-corrected chi connectivity index (χ0v) is 10.4. The zero-order valence-electron chi connectivity index (χ0n) is 10.4. The lowest BCUT2D eigenvalue weighted by Gasteiger charge is -2.14. The van der Waals surface area contributed by atoms with Crippen molar-refractivity contribution in [3.63, 3.8) is 0 Å². The van der Waals surface area contributed by atoms with Gasteiger partial charge in [-0.25, -0.2) is 17.6 Å². The number of aryl methyl sites for hydroxylation is 1. The molecule has 2 rings (SSSR count). The quantitative estimate of drug-likeness (QED) is 0.872. The van der Waals surface area contributed by atoms with Crippen LogP contribution in [0.1, 0.15) is 34.9 Å². The minimum absolute atomic E-state index is 0.122. The third-order valence-electron chi connectivity index (χ3n) is 2.94. The molecule has 0 aliphatic carbocycles. The highest BCUT2D eigenvalue weighted by Gasteiger charge is 2.20. The molecule has 2 nitrogen and oxygen atoms in total. The molecule has 0 spiro atoms. The van der Waals surface area contributed by atoms with Crippen LogP contribution in [-0.2, 0) is 0 Å². The molecule has 2 aromatic rings. The van der Waals surface area contributed by atoms with Crippen LogP contribution in [0.15, 0.2) is 30.5 Å². The summed E-state index contributed by atoms with van der Waals surface area (Å²) in [5.41, 5.74) is -0.374. The Morgan fingerprint density at radius 2 is 1.90 bits per heavy atom. The van der Waals surface area contributed by atoms with Gasteiger partial charge in [0.1, 0.15) is 11.8 Å². The van der Waals surface area contributed by atoms with Gasteiger partial charge in [0.15, 0.2) is 11.6 Å². The van der Waals surface area contributed by atoms with Crippen molar-refractivity contribution in [2.45, 2.75) is 19.5 Å². The van der Waals surface area contributed by atoms with Gasteiger partial charge < -0.3 is 5.11 Å². The van der Waals surface area contributed by atoms with Crippen LogP contribution in [0.4, 0.5) is 17.6 Å². The van der Waals surface area contributed by atoms with Crippen molar-refractivity contribution in [1.29, 1.82) is 0 Å². The average Bonchev–Trinajstić information content (AvgIpc) is 2.40. The zero-order chi connectivity index (χ0) is 14.9. The molecule has 1 aromatic carbocycles. The third kappa shape index (κ3) is 2.65. The Labute approximate surface area is 112 Å². The minimum Gasteiger partial charge on any atom is -0.383 e. The smallest absolute Gasteiger partial charge is 0.280 e. The molecular formula is C14H11F4NO. The first kappa shape index (κ1) is 14.5. The number of pyridine rings is 1. The number of aliphatic hydroxyl groups is 1. The number of aliphatic hydroxyl groups excluding tert-OH is 1. The SMILES string of the molecule is Cc1cc(C(O)c2cccc(F)c2F)cnc1C(F)F. The first-order valence-corrected chi connectivity index (χ1v) is 5.78. The van der Waals surface area contributed by atoms with Crippen molar-refractivity contribution in [2.24, 2.45) is 0 Å². The molecule has 0 saturated carbocycles. The van der Waals surface area contributed by atoms with Crippen LogP contribution in [0.5, 0.6) is 0 Å². The van der Waals surface area contributed by atoms with Crippen molar-refractivity contribution >= 4 is 0 Å². The molecule has 6 heteroatoms. The Kier molecular flexibility index (Phi) is 4.04. The van der Waals surface area contributed by atoms with Crippen molar-refractivity contribution < 1.29 is 22.7 Å². The van der Waals surface area contributed by atoms with Gasteiger partial charge in [-0.3, -0.25) is 4.98 Å². The lowest BCUT2D eigenvalue weighted by molar-refractivity contribution is 0.145. The highest BCUT2D eigenvalue weighted by molar-refractivity contribution is 5.33. The summed E-state index contributed by atoms with van der Waals surface area (Å²) < 4.78 is 51.8. The molecule has 20 heavy (non-hydrogen) atoms. The Hall–Kier alpha value is -1.95. The second-order valence-electron chi connectivity index (χ2n) is 4.32. The Morgan fingerprint density at radius 1 is 1.20 bits per heavy atom. The fourth-order valence-corrected chi connectivity index (χ4v) is 1.90. The van der Waals surface area contributed by atoms with E-state index in [0.717, 1.165) is 12.3 Å². The third-order valence-corrected chi connectivity index (χ3v) is 2.94. The average molecular weight is 285 g/mol. The molecule has 106 valence electrons. The number of alkyl halides is 2. The monoisotopic (exact) mass is 285 g/mol. The summed E-state index contributed by atoms with van der Waals surface area (Å²) in [5, 5.41) is 10.0. The molecule has 1 N–H and O–H groups in total. The van der Waals surface area contributed by atoms with Gasteiger partial charge in [-0.15, -0.1) is 0 Å². The van der Waals surface area contributed by atoms with E-state index < -0.39 is 29.9 Å². The van der Waals surface area contributed by atoms with Crippen molar-refractivity contribution in [3.05, 3.63) is 64.5 Å². The molecule has 0 radical (unpaired) electrons. The van der Waals surface area contributed by atoms with Crippen molar-refractivity contribution in [3.8, 4) is 0 Å². The summed E-state index contributed by atoms with van der Waals surface area (Å²) in [6.07, 6.45) is -3.17. The molecule has 1 aromatic heterocycles. The summed E-state index contributed by atoms with van der Waals surface area (Å²) >= 11 is 0. The number of aromatic nitrogens is 1. The number of nitrogens with zero attached hydrogens (tertiary/aromatic N) is 1. The number of rotatable bonds is 3. The Balaban J connectivity index is 2.41. The van der Waals surface area contributed by atoms with E-state index in [2.05, 4.69) is 4.98 Å². The molecule has 0 aliphatic heterocycles. The van der Waals surface area contributed by atoms with Gasteiger partial charge in [-0.05, 0) is 24.6 Å². The fraction of sp³-hybridized carbons (Fsp3) is 0.214. The van der Waals surface area contributed by atoms with Gasteiger partial charge in [0.2, 0.25) is 0 Å². The van der Waals surface area contributed by atoms with E-state index in [9.17, 15) is 22.7 Å². The van der Waals surface area contributed by atoms with Gasteiger partial charge >= 0.3 is 0 Å². The van der Waals surface area contributed by atoms with Crippen molar-refractivity contribution in [2.75, 3.05) is 0 Å². The molecule has 1 heterocycles. The van der Waals surface area contributed by atoms with Crippen LogP contribution >= 0.6 is 0 Å². The Bertz CT molecular complexity index is 631. The maximum absolute atomic E-state index is 13.6. The second kappa shape index (κ2) is 5.58. The highest BCUT2D eigenvalue weighted by Crippen LogP contribution is 2.28. The highest BCUT2D eigenvalue weighted by atomic mass is 19.3. The topological polar surface area (TPSA) is 33.1 Å². The van der Waals surface area contributed by atoms with E-state index in [-0.39, 0.29) is 16.7 Å². The van der Waals surface area contributed by atoms with Crippen LogP contribution in [-0.4, -0.2) is 10.1 Å². The molecular weight excluding hydrogens is 274 g/mol. The summed E-state index contributed by atoms with van der Waals surface area (Å²) in [6, 6.07) is 4.68. The maximum Gasteiger partial charge on any atom is 0.280 e. The lowest BCUT2D eigenvalue weighted by atomic mass is 10.0. The van der Waals surface area contributed by atoms with E-state index >= 15 is 0 Å². The van der Waals surface area contributed by atoms with Gasteiger partial charge in [0, 0.05) is 17.3 Å². The molecule has 1 atom stereocenters. The first-order chi connectivity index (χ1) is 9.41. The number of halogens is 4.